The van der Waals surface area contributed by atoms with Crippen LogP contribution in [0.25, 0.3) is 0 Å². The Labute approximate surface area is 200 Å². The van der Waals surface area contributed by atoms with E-state index in [0.717, 1.165) is 11.1 Å². The zero-order valence-electron chi connectivity index (χ0n) is 19.1. The van der Waals surface area contributed by atoms with Crippen LogP contribution in [-0.4, -0.2) is 32.3 Å². The van der Waals surface area contributed by atoms with E-state index in [9.17, 15) is 13.2 Å². The number of ether oxygens (including phenoxy) is 1. The third-order valence-electron chi connectivity index (χ3n) is 5.16. The van der Waals surface area contributed by atoms with Crippen LogP contribution in [0.1, 0.15) is 22.3 Å². The smallest absolute Gasteiger partial charge is 0.244 e. The summed E-state index contributed by atoms with van der Waals surface area (Å²) in [4.78, 5) is 13.1. The summed E-state index contributed by atoms with van der Waals surface area (Å²) in [5, 5.41) is 3.07. The van der Waals surface area contributed by atoms with Crippen molar-refractivity contribution in [2.24, 2.45) is 0 Å². The van der Waals surface area contributed by atoms with Gasteiger partial charge in [0, 0.05) is 12.2 Å². The molecule has 3 rings (SSSR count). The molecule has 3 aromatic carbocycles. The van der Waals surface area contributed by atoms with Gasteiger partial charge in [0.15, 0.2) is 0 Å². The molecule has 1 amide bonds. The highest BCUT2D eigenvalue weighted by atomic mass is 35.5. The molecule has 174 valence electrons. The molecule has 8 heteroatoms. The highest BCUT2D eigenvalue weighted by Crippen LogP contribution is 2.28. The number of amides is 1. The van der Waals surface area contributed by atoms with Crippen molar-refractivity contribution in [1.29, 1.82) is 0 Å². The first-order chi connectivity index (χ1) is 15.6. The molecule has 0 aliphatic heterocycles. The monoisotopic (exact) mass is 486 g/mol. The van der Waals surface area contributed by atoms with Crippen molar-refractivity contribution in [2.45, 2.75) is 32.2 Å². The highest BCUT2D eigenvalue weighted by Gasteiger charge is 2.30. The van der Waals surface area contributed by atoms with Crippen molar-refractivity contribution in [1.82, 2.24) is 4.31 Å². The number of anilines is 1. The van der Waals surface area contributed by atoms with E-state index in [1.165, 1.54) is 11.4 Å². The van der Waals surface area contributed by atoms with Crippen molar-refractivity contribution in [3.05, 3.63) is 87.9 Å². The van der Waals surface area contributed by atoms with E-state index in [0.29, 0.717) is 27.6 Å². The average molecular weight is 487 g/mol. The van der Waals surface area contributed by atoms with Crippen LogP contribution in [0.3, 0.4) is 0 Å². The maximum atomic E-state index is 13.7. The van der Waals surface area contributed by atoms with Crippen LogP contribution < -0.4 is 10.1 Å². The van der Waals surface area contributed by atoms with Crippen LogP contribution in [0.4, 0.5) is 5.69 Å². The number of carbonyl (C=O) groups is 1. The Morgan fingerprint density at radius 1 is 1.00 bits per heavy atom. The fraction of sp³-hybridized carbons (Fsp3) is 0.240. The minimum Gasteiger partial charge on any atom is -0.495 e. The van der Waals surface area contributed by atoms with Crippen molar-refractivity contribution in [3.63, 3.8) is 0 Å². The number of rotatable bonds is 8. The number of halogens is 1. The summed E-state index contributed by atoms with van der Waals surface area (Å²) in [7, 11) is -2.46. The van der Waals surface area contributed by atoms with Gasteiger partial charge in [0.05, 0.1) is 23.6 Å². The second-order valence-corrected chi connectivity index (χ2v) is 10.2. The zero-order valence-corrected chi connectivity index (χ0v) is 20.6. The molecule has 0 aromatic heterocycles. The quantitative estimate of drug-likeness (QED) is 0.480. The SMILES string of the molecule is COc1ccc(NC(=O)CN(Cc2ccccc2)S(=O)(=O)c2c(C)cc(C)cc2C)cc1Cl. The number of nitrogens with zero attached hydrogens (tertiary/aromatic N) is 1. The number of benzene rings is 3. The van der Waals surface area contributed by atoms with Crippen LogP contribution in [0.5, 0.6) is 5.75 Å². The first-order valence-corrected chi connectivity index (χ1v) is 12.2. The van der Waals surface area contributed by atoms with Gasteiger partial charge >= 0.3 is 0 Å². The van der Waals surface area contributed by atoms with E-state index in [1.807, 2.05) is 49.4 Å². The van der Waals surface area contributed by atoms with Crippen LogP contribution >= 0.6 is 11.6 Å². The fourth-order valence-corrected chi connectivity index (χ4v) is 5.87. The lowest BCUT2D eigenvalue weighted by Crippen LogP contribution is -2.38. The standard InChI is InChI=1S/C25H27ClN2O4S/c1-17-12-18(2)25(19(3)13-17)33(30,31)28(15-20-8-6-5-7-9-20)16-24(29)27-21-10-11-23(32-4)22(26)14-21/h5-14H,15-16H2,1-4H3,(H,27,29). The molecule has 0 saturated heterocycles. The molecular formula is C25H27ClN2O4S. The van der Waals surface area contributed by atoms with Crippen LogP contribution in [-0.2, 0) is 21.4 Å². The molecule has 0 fully saturated rings. The summed E-state index contributed by atoms with van der Waals surface area (Å²) in [5.41, 5.74) is 3.50. The molecule has 0 radical (unpaired) electrons. The van der Waals surface area contributed by atoms with Crippen molar-refractivity contribution >= 4 is 33.2 Å². The predicted molar refractivity (Wildman–Crippen MR) is 131 cm³/mol. The fourth-order valence-electron chi connectivity index (χ4n) is 3.82. The third-order valence-corrected chi connectivity index (χ3v) is 7.55. The molecule has 0 aliphatic carbocycles. The number of carbonyl (C=O) groups excluding carboxylic acids is 1. The summed E-state index contributed by atoms with van der Waals surface area (Å²) in [5.74, 6) is 0.00595. The van der Waals surface area contributed by atoms with Gasteiger partial charge in [0.2, 0.25) is 15.9 Å². The Bertz CT molecular complexity index is 1240. The number of aryl methyl sites for hydroxylation is 3. The topological polar surface area (TPSA) is 75.7 Å². The van der Waals surface area contributed by atoms with Gasteiger partial charge in [-0.05, 0) is 55.7 Å². The van der Waals surface area contributed by atoms with Crippen LogP contribution in [0.15, 0.2) is 65.6 Å². The molecule has 0 heterocycles. The van der Waals surface area contributed by atoms with E-state index >= 15 is 0 Å². The van der Waals surface area contributed by atoms with Crippen molar-refractivity contribution < 1.29 is 17.9 Å². The van der Waals surface area contributed by atoms with Gasteiger partial charge in [-0.3, -0.25) is 4.79 Å². The van der Waals surface area contributed by atoms with Gasteiger partial charge in [-0.25, -0.2) is 8.42 Å². The molecule has 33 heavy (non-hydrogen) atoms. The molecule has 0 atom stereocenters. The summed E-state index contributed by atoms with van der Waals surface area (Å²) in [6, 6.07) is 17.7. The summed E-state index contributed by atoms with van der Waals surface area (Å²) in [6.07, 6.45) is 0. The summed E-state index contributed by atoms with van der Waals surface area (Å²) < 4.78 is 33.8. The molecule has 0 aliphatic rings. The van der Waals surface area contributed by atoms with E-state index in [-0.39, 0.29) is 18.0 Å². The van der Waals surface area contributed by atoms with E-state index in [1.54, 1.807) is 32.0 Å². The number of hydrogen-bond acceptors (Lipinski definition) is 4. The second kappa shape index (κ2) is 10.4. The van der Waals surface area contributed by atoms with Gasteiger partial charge in [-0.1, -0.05) is 59.6 Å². The lowest BCUT2D eigenvalue weighted by molar-refractivity contribution is -0.116. The van der Waals surface area contributed by atoms with E-state index < -0.39 is 15.9 Å². The van der Waals surface area contributed by atoms with Gasteiger partial charge in [-0.15, -0.1) is 0 Å². The second-order valence-electron chi connectivity index (χ2n) is 7.88. The molecule has 1 N–H and O–H groups in total. The van der Waals surface area contributed by atoms with E-state index in [4.69, 9.17) is 16.3 Å². The zero-order chi connectivity index (χ0) is 24.2. The number of hydrogen-bond donors (Lipinski definition) is 1. The number of sulfonamides is 1. The first-order valence-electron chi connectivity index (χ1n) is 10.4. The first kappa shape index (κ1) is 24.8. The Hall–Kier alpha value is -2.87. The minimum absolute atomic E-state index is 0.0622. The van der Waals surface area contributed by atoms with Gasteiger partial charge < -0.3 is 10.1 Å². The number of methoxy groups -OCH3 is 1. The molecular weight excluding hydrogens is 460 g/mol. The molecule has 0 spiro atoms. The Kier molecular flexibility index (Phi) is 7.79. The van der Waals surface area contributed by atoms with Crippen LogP contribution in [0, 0.1) is 20.8 Å². The maximum Gasteiger partial charge on any atom is 0.244 e. The Morgan fingerprint density at radius 2 is 1.64 bits per heavy atom. The number of nitrogens with one attached hydrogen (secondary N) is 1. The van der Waals surface area contributed by atoms with Gasteiger partial charge in [-0.2, -0.15) is 4.31 Å². The van der Waals surface area contributed by atoms with Gasteiger partial charge in [0.25, 0.3) is 0 Å². The Balaban J connectivity index is 1.93. The molecule has 0 unspecified atom stereocenters. The minimum atomic E-state index is -3.96. The predicted octanol–water partition coefficient (Wildman–Crippen LogP) is 5.10. The highest BCUT2D eigenvalue weighted by molar-refractivity contribution is 7.89. The molecule has 0 bridgehead atoms. The van der Waals surface area contributed by atoms with Gasteiger partial charge in [0.1, 0.15) is 5.75 Å². The van der Waals surface area contributed by atoms with Crippen molar-refractivity contribution in [2.75, 3.05) is 19.0 Å². The Morgan fingerprint density at radius 3 is 2.21 bits per heavy atom. The molecule has 6 nitrogen and oxygen atoms in total. The lowest BCUT2D eigenvalue weighted by atomic mass is 10.1. The average Bonchev–Trinajstić information content (AvgIpc) is 2.73. The van der Waals surface area contributed by atoms with E-state index in [2.05, 4.69) is 5.32 Å². The molecule has 3 aromatic rings. The third kappa shape index (κ3) is 5.93. The lowest BCUT2D eigenvalue weighted by Gasteiger charge is -2.24. The normalized spacial score (nSPS) is 11.5. The van der Waals surface area contributed by atoms with Crippen molar-refractivity contribution in [3.8, 4) is 5.75 Å². The van der Waals surface area contributed by atoms with Crippen LogP contribution in [0.2, 0.25) is 5.02 Å². The molecule has 0 saturated carbocycles. The summed E-state index contributed by atoms with van der Waals surface area (Å²) in [6.45, 7) is 5.17. The maximum absolute atomic E-state index is 13.7. The largest absolute Gasteiger partial charge is 0.495 e. The summed E-state index contributed by atoms with van der Waals surface area (Å²) >= 11 is 6.14.